The van der Waals surface area contributed by atoms with E-state index in [-0.39, 0.29) is 11.5 Å². The number of morpholine rings is 1. The van der Waals surface area contributed by atoms with Crippen LogP contribution in [-0.2, 0) is 14.6 Å². The predicted octanol–water partition coefficient (Wildman–Crippen LogP) is -1.01. The fraction of sp³-hybridized carbons (Fsp3) is 0.938. The van der Waals surface area contributed by atoms with E-state index in [1.165, 1.54) is 0 Å². The zero-order chi connectivity index (χ0) is 18.1. The van der Waals surface area contributed by atoms with Crippen LogP contribution < -0.4 is 10.6 Å². The second-order valence-electron chi connectivity index (χ2n) is 6.64. The number of guanidine groups is 1. The minimum atomic E-state index is -2.81. The summed E-state index contributed by atoms with van der Waals surface area (Å²) < 4.78 is 28.3. The second kappa shape index (κ2) is 10.3. The molecule has 0 aromatic heterocycles. The molecule has 1 unspecified atom stereocenters. The van der Waals surface area contributed by atoms with Crippen molar-refractivity contribution in [3.8, 4) is 0 Å². The molecule has 9 heteroatoms. The average molecular weight is 376 g/mol. The van der Waals surface area contributed by atoms with Gasteiger partial charge >= 0.3 is 0 Å². The minimum absolute atomic E-state index is 0.276. The van der Waals surface area contributed by atoms with Crippen LogP contribution in [0.5, 0.6) is 0 Å². The zero-order valence-corrected chi connectivity index (χ0v) is 16.4. The number of hydrogen-bond acceptors (Lipinski definition) is 6. The lowest BCUT2D eigenvalue weighted by Gasteiger charge is -2.31. The number of aliphatic imine (C=N–C) groups is 1. The van der Waals surface area contributed by atoms with Crippen LogP contribution in [0.1, 0.15) is 13.8 Å². The van der Waals surface area contributed by atoms with Gasteiger partial charge in [0.2, 0.25) is 0 Å². The molecule has 0 bridgehead atoms. The van der Waals surface area contributed by atoms with Crippen molar-refractivity contribution in [3.05, 3.63) is 0 Å². The van der Waals surface area contributed by atoms with Crippen LogP contribution in [0.15, 0.2) is 4.99 Å². The predicted molar refractivity (Wildman–Crippen MR) is 101 cm³/mol. The highest BCUT2D eigenvalue weighted by Gasteiger charge is 2.21. The van der Waals surface area contributed by atoms with E-state index in [9.17, 15) is 8.42 Å². The summed E-state index contributed by atoms with van der Waals surface area (Å²) in [6.07, 6.45) is 0. The van der Waals surface area contributed by atoms with Crippen LogP contribution in [0.2, 0.25) is 0 Å². The van der Waals surface area contributed by atoms with Crippen LogP contribution in [0.4, 0.5) is 0 Å². The molecule has 0 saturated carbocycles. The van der Waals surface area contributed by atoms with Crippen molar-refractivity contribution in [2.45, 2.75) is 19.9 Å². The Morgan fingerprint density at radius 2 is 1.84 bits per heavy atom. The summed E-state index contributed by atoms with van der Waals surface area (Å²) in [7, 11) is -2.81. The summed E-state index contributed by atoms with van der Waals surface area (Å²) in [5.41, 5.74) is 0. The first-order valence-corrected chi connectivity index (χ1v) is 11.1. The summed E-state index contributed by atoms with van der Waals surface area (Å²) in [6.45, 7) is 12.2. The smallest absolute Gasteiger partial charge is 0.191 e. The first-order chi connectivity index (χ1) is 12.0. The molecule has 0 aromatic carbocycles. The maximum atomic E-state index is 11.5. The highest BCUT2D eigenvalue weighted by molar-refractivity contribution is 7.91. The fourth-order valence-corrected chi connectivity index (χ4v) is 4.28. The normalized spacial score (nSPS) is 24.0. The van der Waals surface area contributed by atoms with E-state index in [4.69, 9.17) is 9.73 Å². The third-order valence-electron chi connectivity index (χ3n) is 4.68. The van der Waals surface area contributed by atoms with Crippen molar-refractivity contribution in [2.24, 2.45) is 4.99 Å². The van der Waals surface area contributed by atoms with E-state index in [1.807, 2.05) is 0 Å². The molecule has 146 valence electrons. The number of nitrogens with one attached hydrogen (secondary N) is 2. The van der Waals surface area contributed by atoms with Gasteiger partial charge in [0.25, 0.3) is 0 Å². The van der Waals surface area contributed by atoms with Gasteiger partial charge in [-0.2, -0.15) is 0 Å². The number of ether oxygens (including phenoxy) is 1. The van der Waals surface area contributed by atoms with E-state index >= 15 is 0 Å². The molecule has 0 radical (unpaired) electrons. The Labute approximate surface area is 151 Å². The molecule has 0 aliphatic carbocycles. The van der Waals surface area contributed by atoms with Crippen molar-refractivity contribution in [2.75, 3.05) is 77.1 Å². The van der Waals surface area contributed by atoms with Gasteiger partial charge in [-0.05, 0) is 13.8 Å². The lowest BCUT2D eigenvalue weighted by Crippen LogP contribution is -2.47. The fourth-order valence-electron chi connectivity index (χ4n) is 3.01. The van der Waals surface area contributed by atoms with Crippen molar-refractivity contribution in [1.82, 2.24) is 20.4 Å². The Hall–Kier alpha value is -0.900. The van der Waals surface area contributed by atoms with Crippen molar-refractivity contribution < 1.29 is 13.2 Å². The van der Waals surface area contributed by atoms with Gasteiger partial charge in [0, 0.05) is 51.9 Å². The lowest BCUT2D eigenvalue weighted by molar-refractivity contribution is 0.0220. The van der Waals surface area contributed by atoms with E-state index in [0.29, 0.717) is 19.1 Å². The van der Waals surface area contributed by atoms with Crippen LogP contribution in [0.25, 0.3) is 0 Å². The minimum Gasteiger partial charge on any atom is -0.379 e. The van der Waals surface area contributed by atoms with Crippen LogP contribution >= 0.6 is 0 Å². The molecule has 2 saturated heterocycles. The summed E-state index contributed by atoms with van der Waals surface area (Å²) in [5, 5.41) is 6.62. The molecule has 0 aromatic rings. The molecule has 0 spiro atoms. The summed E-state index contributed by atoms with van der Waals surface area (Å²) in [6, 6.07) is 0.395. The molecule has 8 nitrogen and oxygen atoms in total. The van der Waals surface area contributed by atoms with Crippen LogP contribution in [0.3, 0.4) is 0 Å². The molecule has 2 rings (SSSR count). The summed E-state index contributed by atoms with van der Waals surface area (Å²) in [4.78, 5) is 9.29. The van der Waals surface area contributed by atoms with Crippen LogP contribution in [0, 0.1) is 0 Å². The molecular weight excluding hydrogens is 342 g/mol. The van der Waals surface area contributed by atoms with E-state index in [2.05, 4.69) is 34.3 Å². The lowest BCUT2D eigenvalue weighted by atomic mass is 10.2. The third-order valence-corrected chi connectivity index (χ3v) is 6.29. The Kier molecular flexibility index (Phi) is 8.41. The van der Waals surface area contributed by atoms with E-state index in [0.717, 1.165) is 58.4 Å². The zero-order valence-electron chi connectivity index (χ0n) is 15.5. The van der Waals surface area contributed by atoms with Crippen molar-refractivity contribution in [3.63, 3.8) is 0 Å². The molecule has 0 amide bonds. The van der Waals surface area contributed by atoms with Gasteiger partial charge in [0.1, 0.15) is 0 Å². The number of hydrogen-bond donors (Lipinski definition) is 2. The van der Waals surface area contributed by atoms with E-state index < -0.39 is 9.84 Å². The molecule has 2 fully saturated rings. The largest absolute Gasteiger partial charge is 0.379 e. The molecule has 2 heterocycles. The highest BCUT2D eigenvalue weighted by atomic mass is 32.2. The maximum absolute atomic E-state index is 11.5. The Balaban J connectivity index is 1.71. The van der Waals surface area contributed by atoms with Gasteiger partial charge in [-0.15, -0.1) is 0 Å². The van der Waals surface area contributed by atoms with Gasteiger partial charge in [0.05, 0.1) is 31.3 Å². The van der Waals surface area contributed by atoms with Crippen molar-refractivity contribution in [1.29, 1.82) is 0 Å². The average Bonchev–Trinajstić information content (AvgIpc) is 2.61. The maximum Gasteiger partial charge on any atom is 0.191 e. The van der Waals surface area contributed by atoms with Gasteiger partial charge in [-0.3, -0.25) is 14.8 Å². The van der Waals surface area contributed by atoms with Gasteiger partial charge in [0.15, 0.2) is 15.8 Å². The van der Waals surface area contributed by atoms with E-state index in [1.54, 1.807) is 0 Å². The standard InChI is InChI=1S/C16H33N5O3S/c1-3-17-16(19-14-15(2)21-6-10-24-11-7-21)18-4-5-20-8-12-25(22,23)13-9-20/h15H,3-14H2,1-2H3,(H2,17,18,19). The first kappa shape index (κ1) is 20.4. The Morgan fingerprint density at radius 1 is 1.16 bits per heavy atom. The quantitative estimate of drug-likeness (QED) is 0.436. The highest BCUT2D eigenvalue weighted by Crippen LogP contribution is 2.04. The molecular formula is C16H33N5O3S. The molecule has 2 N–H and O–H groups in total. The number of nitrogens with zero attached hydrogens (tertiary/aromatic N) is 3. The summed E-state index contributed by atoms with van der Waals surface area (Å²) in [5.74, 6) is 1.38. The monoisotopic (exact) mass is 375 g/mol. The molecule has 2 aliphatic rings. The number of rotatable bonds is 7. The molecule has 2 aliphatic heterocycles. The van der Waals surface area contributed by atoms with Crippen molar-refractivity contribution >= 4 is 15.8 Å². The molecule has 25 heavy (non-hydrogen) atoms. The Bertz CT molecular complexity index is 506. The van der Waals surface area contributed by atoms with Gasteiger partial charge < -0.3 is 15.4 Å². The third kappa shape index (κ3) is 7.47. The SMILES string of the molecule is CCNC(=NCC(C)N1CCOCC1)NCCN1CCS(=O)(=O)CC1. The molecule has 1 atom stereocenters. The topological polar surface area (TPSA) is 86.3 Å². The van der Waals surface area contributed by atoms with Gasteiger partial charge in [-0.25, -0.2) is 8.42 Å². The Morgan fingerprint density at radius 3 is 2.48 bits per heavy atom. The first-order valence-electron chi connectivity index (χ1n) is 9.27. The number of sulfone groups is 1. The van der Waals surface area contributed by atoms with Gasteiger partial charge in [-0.1, -0.05) is 0 Å². The second-order valence-corrected chi connectivity index (χ2v) is 8.94. The summed E-state index contributed by atoms with van der Waals surface area (Å²) >= 11 is 0. The van der Waals surface area contributed by atoms with Crippen LogP contribution in [-0.4, -0.2) is 107 Å².